The molecule has 0 aliphatic heterocycles. The smallest absolute Gasteiger partial charge is 0.335 e. The standard InChI is InChI=1S/C25H22N2O7S2/c1-34-21-14-17(25(29)30)7-6-15(21)12-18-13-16(24-27-20-4-2-3-5-22(20)35-24)8-9-19(18)23(28)26-10-11-36(31,32)33/h2-9,13-14H,10-12H2,1H3,(H,26,28)(H,29,30)(H,31,32,33). The summed E-state index contributed by atoms with van der Waals surface area (Å²) in [5, 5.41) is 12.6. The van der Waals surface area contributed by atoms with E-state index in [9.17, 15) is 23.1 Å². The lowest BCUT2D eigenvalue weighted by molar-refractivity contribution is 0.0696. The van der Waals surface area contributed by atoms with Gasteiger partial charge in [-0.3, -0.25) is 9.35 Å². The number of aromatic nitrogens is 1. The highest BCUT2D eigenvalue weighted by Gasteiger charge is 2.18. The van der Waals surface area contributed by atoms with Crippen LogP contribution in [0.5, 0.6) is 5.75 Å². The minimum absolute atomic E-state index is 0.0713. The second kappa shape index (κ2) is 10.4. The first-order valence-electron chi connectivity index (χ1n) is 10.8. The normalized spacial score (nSPS) is 11.4. The largest absolute Gasteiger partial charge is 0.496 e. The second-order valence-corrected chi connectivity index (χ2v) is 10.5. The predicted molar refractivity (Wildman–Crippen MR) is 137 cm³/mol. The molecule has 0 saturated heterocycles. The van der Waals surface area contributed by atoms with E-state index in [1.807, 2.05) is 30.3 Å². The molecule has 3 aromatic carbocycles. The Labute approximate surface area is 211 Å². The molecule has 0 spiro atoms. The van der Waals surface area contributed by atoms with E-state index in [1.54, 1.807) is 18.2 Å². The second-order valence-electron chi connectivity index (χ2n) is 7.91. The van der Waals surface area contributed by atoms with Crippen molar-refractivity contribution in [2.24, 2.45) is 0 Å². The van der Waals surface area contributed by atoms with Crippen molar-refractivity contribution in [2.75, 3.05) is 19.4 Å². The topological polar surface area (TPSA) is 143 Å². The number of rotatable bonds is 9. The Kier molecular flexibility index (Phi) is 7.34. The molecule has 4 rings (SSSR count). The van der Waals surface area contributed by atoms with E-state index in [0.717, 1.165) is 20.8 Å². The van der Waals surface area contributed by atoms with E-state index < -0.39 is 27.7 Å². The van der Waals surface area contributed by atoms with Gasteiger partial charge in [-0.15, -0.1) is 11.3 Å². The van der Waals surface area contributed by atoms with Crippen molar-refractivity contribution >= 4 is 43.5 Å². The van der Waals surface area contributed by atoms with Crippen LogP contribution in [0, 0.1) is 0 Å². The summed E-state index contributed by atoms with van der Waals surface area (Å²) in [6.45, 7) is -0.257. The zero-order valence-electron chi connectivity index (χ0n) is 19.1. The number of carboxylic acids is 1. The first-order chi connectivity index (χ1) is 17.1. The molecule has 9 nitrogen and oxygen atoms in total. The third kappa shape index (κ3) is 5.88. The van der Waals surface area contributed by atoms with E-state index in [2.05, 4.69) is 10.3 Å². The first-order valence-corrected chi connectivity index (χ1v) is 13.2. The van der Waals surface area contributed by atoms with E-state index >= 15 is 0 Å². The number of hydrogen-bond donors (Lipinski definition) is 3. The quantitative estimate of drug-likeness (QED) is 0.279. The lowest BCUT2D eigenvalue weighted by Gasteiger charge is -2.14. The van der Waals surface area contributed by atoms with Gasteiger partial charge in [0.25, 0.3) is 16.0 Å². The van der Waals surface area contributed by atoms with Crippen LogP contribution in [0.1, 0.15) is 31.8 Å². The number of ether oxygens (including phenoxy) is 1. The zero-order valence-corrected chi connectivity index (χ0v) is 20.7. The first kappa shape index (κ1) is 25.3. The van der Waals surface area contributed by atoms with Crippen LogP contribution >= 0.6 is 11.3 Å². The van der Waals surface area contributed by atoms with Gasteiger partial charge in [0.15, 0.2) is 0 Å². The van der Waals surface area contributed by atoms with Crippen molar-refractivity contribution in [1.29, 1.82) is 0 Å². The van der Waals surface area contributed by atoms with Gasteiger partial charge in [0.2, 0.25) is 0 Å². The Hall–Kier alpha value is -3.80. The molecule has 0 radical (unpaired) electrons. The van der Waals surface area contributed by atoms with Crippen molar-refractivity contribution in [3.05, 3.63) is 82.9 Å². The molecule has 0 saturated carbocycles. The number of para-hydroxylation sites is 1. The number of carbonyl (C=O) groups is 2. The number of amides is 1. The molecule has 0 atom stereocenters. The summed E-state index contributed by atoms with van der Waals surface area (Å²) in [7, 11) is -2.79. The molecule has 1 heterocycles. The summed E-state index contributed by atoms with van der Waals surface area (Å²) in [4.78, 5) is 29.0. The monoisotopic (exact) mass is 526 g/mol. The van der Waals surface area contributed by atoms with Crippen LogP contribution in [0.4, 0.5) is 0 Å². The fourth-order valence-electron chi connectivity index (χ4n) is 3.71. The minimum Gasteiger partial charge on any atom is -0.496 e. The zero-order chi connectivity index (χ0) is 25.9. The summed E-state index contributed by atoms with van der Waals surface area (Å²) in [6.07, 6.45) is 0.239. The van der Waals surface area contributed by atoms with Crippen LogP contribution in [0.3, 0.4) is 0 Å². The van der Waals surface area contributed by atoms with Crippen LogP contribution < -0.4 is 10.1 Å². The Morgan fingerprint density at radius 1 is 1.06 bits per heavy atom. The molecule has 11 heteroatoms. The average molecular weight is 527 g/mol. The summed E-state index contributed by atoms with van der Waals surface area (Å²) >= 11 is 1.51. The van der Waals surface area contributed by atoms with Gasteiger partial charge in [0, 0.05) is 24.1 Å². The van der Waals surface area contributed by atoms with E-state index in [0.29, 0.717) is 22.4 Å². The molecule has 0 unspecified atom stereocenters. The van der Waals surface area contributed by atoms with Gasteiger partial charge in [-0.2, -0.15) is 8.42 Å². The lowest BCUT2D eigenvalue weighted by Crippen LogP contribution is -2.29. The van der Waals surface area contributed by atoms with Crippen molar-refractivity contribution in [2.45, 2.75) is 6.42 Å². The maximum atomic E-state index is 12.9. The van der Waals surface area contributed by atoms with Crippen LogP contribution in [-0.4, -0.2) is 54.3 Å². The molecule has 0 bridgehead atoms. The summed E-state index contributed by atoms with van der Waals surface area (Å²) in [5.41, 5.74) is 3.30. The predicted octanol–water partition coefficient (Wildman–Crippen LogP) is 3.88. The Balaban J connectivity index is 1.73. The van der Waals surface area contributed by atoms with Gasteiger partial charge in [-0.25, -0.2) is 9.78 Å². The molecule has 0 aliphatic rings. The van der Waals surface area contributed by atoms with Crippen LogP contribution in [0.15, 0.2) is 60.7 Å². The van der Waals surface area contributed by atoms with Gasteiger partial charge < -0.3 is 15.2 Å². The number of carboxylic acid groups (broad SMARTS) is 1. The Bertz CT molecular complexity index is 1530. The third-order valence-corrected chi connectivity index (χ3v) is 7.26. The summed E-state index contributed by atoms with van der Waals surface area (Å²) in [6, 6.07) is 17.5. The maximum absolute atomic E-state index is 12.9. The fourth-order valence-corrected chi connectivity index (χ4v) is 5.03. The molecular formula is C25H22N2O7S2. The Morgan fingerprint density at radius 2 is 1.83 bits per heavy atom. The number of thiazole rings is 1. The number of benzene rings is 3. The van der Waals surface area contributed by atoms with Gasteiger partial charge in [0.1, 0.15) is 10.8 Å². The van der Waals surface area contributed by atoms with E-state index in [4.69, 9.17) is 9.29 Å². The molecule has 186 valence electrons. The van der Waals surface area contributed by atoms with Gasteiger partial charge in [-0.05, 0) is 47.5 Å². The average Bonchev–Trinajstić information content (AvgIpc) is 3.27. The SMILES string of the molecule is COc1cc(C(=O)O)ccc1Cc1cc(-c2nc3ccccc3s2)ccc1C(=O)NCCS(=O)(=O)O. The van der Waals surface area contributed by atoms with E-state index in [1.165, 1.54) is 30.6 Å². The molecule has 1 aromatic heterocycles. The van der Waals surface area contributed by atoms with Crippen LogP contribution in [0.2, 0.25) is 0 Å². The number of hydrogen-bond acceptors (Lipinski definition) is 7. The fraction of sp³-hybridized carbons (Fsp3) is 0.160. The van der Waals surface area contributed by atoms with Gasteiger partial charge in [0.05, 0.1) is 28.6 Å². The van der Waals surface area contributed by atoms with Crippen molar-refractivity contribution in [3.8, 4) is 16.3 Å². The van der Waals surface area contributed by atoms with Crippen molar-refractivity contribution in [1.82, 2.24) is 10.3 Å². The van der Waals surface area contributed by atoms with E-state index in [-0.39, 0.29) is 18.5 Å². The summed E-state index contributed by atoms with van der Waals surface area (Å²) in [5.74, 6) is -1.84. The van der Waals surface area contributed by atoms with Gasteiger partial charge >= 0.3 is 5.97 Å². The molecule has 4 aromatic rings. The highest BCUT2D eigenvalue weighted by Crippen LogP contribution is 2.32. The number of nitrogens with zero attached hydrogens (tertiary/aromatic N) is 1. The number of fused-ring (bicyclic) bond motifs is 1. The number of aromatic carboxylic acids is 1. The van der Waals surface area contributed by atoms with Gasteiger partial charge in [-0.1, -0.05) is 24.3 Å². The molecule has 1 amide bonds. The molecule has 3 N–H and O–H groups in total. The maximum Gasteiger partial charge on any atom is 0.335 e. The number of methoxy groups -OCH3 is 1. The molecule has 0 aliphatic carbocycles. The number of nitrogens with one attached hydrogen (secondary N) is 1. The third-order valence-electron chi connectivity index (χ3n) is 5.45. The molecule has 0 fully saturated rings. The number of carbonyl (C=O) groups excluding carboxylic acids is 1. The Morgan fingerprint density at radius 3 is 2.53 bits per heavy atom. The van der Waals surface area contributed by atoms with Crippen molar-refractivity contribution < 1.29 is 32.4 Å². The van der Waals surface area contributed by atoms with Crippen molar-refractivity contribution in [3.63, 3.8) is 0 Å². The molecule has 36 heavy (non-hydrogen) atoms. The highest BCUT2D eigenvalue weighted by atomic mass is 32.2. The molecular weight excluding hydrogens is 504 g/mol. The lowest BCUT2D eigenvalue weighted by atomic mass is 9.95. The summed E-state index contributed by atoms with van der Waals surface area (Å²) < 4.78 is 37.4. The highest BCUT2D eigenvalue weighted by molar-refractivity contribution is 7.85. The van der Waals surface area contributed by atoms with Crippen LogP contribution in [-0.2, 0) is 16.5 Å². The van der Waals surface area contributed by atoms with Crippen LogP contribution in [0.25, 0.3) is 20.8 Å². The minimum atomic E-state index is -4.22.